The van der Waals surface area contributed by atoms with Gasteiger partial charge in [-0.25, -0.2) is 0 Å². The van der Waals surface area contributed by atoms with Gasteiger partial charge in [-0.15, -0.1) is 22.8 Å². The third-order valence-electron chi connectivity index (χ3n) is 2.78. The average Bonchev–Trinajstić information content (AvgIpc) is 2.90. The first-order valence-electron chi connectivity index (χ1n) is 5.69. The molecule has 0 N–H and O–H groups in total. The number of benzene rings is 2. The van der Waals surface area contributed by atoms with Gasteiger partial charge >= 0.3 is 0 Å². The van der Waals surface area contributed by atoms with E-state index in [2.05, 4.69) is 22.8 Å². The Bertz CT molecular complexity index is 629. The van der Waals surface area contributed by atoms with Crippen molar-refractivity contribution < 1.29 is 0 Å². The van der Waals surface area contributed by atoms with Gasteiger partial charge in [-0.1, -0.05) is 23.7 Å². The van der Waals surface area contributed by atoms with E-state index >= 15 is 0 Å². The van der Waals surface area contributed by atoms with Crippen LogP contribution < -0.4 is 0 Å². The minimum atomic E-state index is 0.706. The van der Waals surface area contributed by atoms with Gasteiger partial charge in [0.1, 0.15) is 6.33 Å². The van der Waals surface area contributed by atoms with Crippen molar-refractivity contribution in [2.45, 2.75) is 4.90 Å². The van der Waals surface area contributed by atoms with Crippen molar-refractivity contribution in [2.75, 3.05) is 0 Å². The van der Waals surface area contributed by atoms with Crippen molar-refractivity contribution in [3.63, 3.8) is 0 Å². The van der Waals surface area contributed by atoms with Crippen LogP contribution in [-0.2, 0) is 0 Å². The Morgan fingerprint density at radius 1 is 0.947 bits per heavy atom. The molecule has 3 nitrogen and oxygen atoms in total. The van der Waals surface area contributed by atoms with Crippen LogP contribution in [0, 0.1) is 0 Å². The number of thiol groups is 1. The lowest BCUT2D eigenvalue weighted by Gasteiger charge is -2.06. The van der Waals surface area contributed by atoms with E-state index in [1.807, 2.05) is 53.1 Å². The summed E-state index contributed by atoms with van der Waals surface area (Å²) in [6.07, 6.45) is 1.69. The van der Waals surface area contributed by atoms with Crippen molar-refractivity contribution in [1.82, 2.24) is 14.8 Å². The SMILES string of the molecule is Sc1ccc(-c2nncn2-c2ccc(Cl)cc2)cc1. The van der Waals surface area contributed by atoms with E-state index in [9.17, 15) is 0 Å². The molecule has 0 bridgehead atoms. The second-order valence-corrected chi connectivity index (χ2v) is 5.00. The van der Waals surface area contributed by atoms with Gasteiger partial charge in [-0.3, -0.25) is 4.57 Å². The lowest BCUT2D eigenvalue weighted by atomic mass is 10.2. The highest BCUT2D eigenvalue weighted by atomic mass is 35.5. The van der Waals surface area contributed by atoms with Gasteiger partial charge < -0.3 is 0 Å². The first-order chi connectivity index (χ1) is 9.24. The predicted octanol–water partition coefficient (Wildman–Crippen LogP) is 3.88. The van der Waals surface area contributed by atoms with Crippen LogP contribution in [0.2, 0.25) is 5.02 Å². The molecule has 0 saturated carbocycles. The molecule has 0 radical (unpaired) electrons. The molecule has 2 aromatic carbocycles. The molecule has 0 aliphatic rings. The molecule has 0 aliphatic heterocycles. The monoisotopic (exact) mass is 287 g/mol. The van der Waals surface area contributed by atoms with Crippen LogP contribution >= 0.6 is 24.2 Å². The standard InChI is InChI=1S/C14H10ClN3S/c15-11-3-5-12(6-4-11)18-9-16-17-14(18)10-1-7-13(19)8-2-10/h1-9,19H. The quantitative estimate of drug-likeness (QED) is 0.725. The molecule has 1 aromatic heterocycles. The first-order valence-corrected chi connectivity index (χ1v) is 6.52. The summed E-state index contributed by atoms with van der Waals surface area (Å²) in [4.78, 5) is 0.918. The maximum absolute atomic E-state index is 5.90. The zero-order valence-electron chi connectivity index (χ0n) is 9.86. The van der Waals surface area contributed by atoms with E-state index in [0.717, 1.165) is 22.0 Å². The van der Waals surface area contributed by atoms with Crippen LogP contribution in [0.15, 0.2) is 59.8 Å². The van der Waals surface area contributed by atoms with Crippen LogP contribution in [0.1, 0.15) is 0 Å². The molecule has 0 aliphatic carbocycles. The lowest BCUT2D eigenvalue weighted by Crippen LogP contribution is -1.95. The van der Waals surface area contributed by atoms with Gasteiger partial charge in [0, 0.05) is 21.2 Å². The minimum Gasteiger partial charge on any atom is -0.282 e. The molecule has 3 aromatic rings. The maximum Gasteiger partial charge on any atom is 0.168 e. The highest BCUT2D eigenvalue weighted by Gasteiger charge is 2.08. The summed E-state index contributed by atoms with van der Waals surface area (Å²) in [5, 5.41) is 8.86. The fourth-order valence-corrected chi connectivity index (χ4v) is 2.11. The summed E-state index contributed by atoms with van der Waals surface area (Å²) < 4.78 is 1.92. The fraction of sp³-hybridized carbons (Fsp3) is 0. The summed E-state index contributed by atoms with van der Waals surface area (Å²) >= 11 is 10.2. The Morgan fingerprint density at radius 3 is 2.32 bits per heavy atom. The van der Waals surface area contributed by atoms with E-state index in [0.29, 0.717) is 5.02 Å². The second kappa shape index (κ2) is 5.07. The van der Waals surface area contributed by atoms with Crippen LogP contribution in [0.5, 0.6) is 0 Å². The number of halogens is 1. The topological polar surface area (TPSA) is 30.7 Å². The van der Waals surface area contributed by atoms with Crippen LogP contribution in [-0.4, -0.2) is 14.8 Å². The molecule has 5 heteroatoms. The molecule has 0 unspecified atom stereocenters. The number of hydrogen-bond donors (Lipinski definition) is 1. The molecule has 0 atom stereocenters. The summed E-state index contributed by atoms with van der Waals surface area (Å²) in [7, 11) is 0. The zero-order chi connectivity index (χ0) is 13.2. The summed E-state index contributed by atoms with van der Waals surface area (Å²) in [6.45, 7) is 0. The highest BCUT2D eigenvalue weighted by molar-refractivity contribution is 7.80. The maximum atomic E-state index is 5.90. The van der Waals surface area contributed by atoms with Crippen molar-refractivity contribution in [3.05, 3.63) is 59.9 Å². The Balaban J connectivity index is 2.07. The van der Waals surface area contributed by atoms with Gasteiger partial charge in [-0.2, -0.15) is 0 Å². The fourth-order valence-electron chi connectivity index (χ4n) is 1.83. The second-order valence-electron chi connectivity index (χ2n) is 4.05. The smallest absolute Gasteiger partial charge is 0.168 e. The third-order valence-corrected chi connectivity index (χ3v) is 3.33. The van der Waals surface area contributed by atoms with Gasteiger partial charge in [0.25, 0.3) is 0 Å². The number of nitrogens with zero attached hydrogens (tertiary/aromatic N) is 3. The van der Waals surface area contributed by atoms with Crippen molar-refractivity contribution in [2.24, 2.45) is 0 Å². The normalized spacial score (nSPS) is 10.6. The molecular formula is C14H10ClN3S. The number of hydrogen-bond acceptors (Lipinski definition) is 3. The largest absolute Gasteiger partial charge is 0.282 e. The summed E-state index contributed by atoms with van der Waals surface area (Å²) in [6, 6.07) is 15.4. The van der Waals surface area contributed by atoms with Crippen molar-refractivity contribution in [1.29, 1.82) is 0 Å². The van der Waals surface area contributed by atoms with Gasteiger partial charge in [0.15, 0.2) is 5.82 Å². The third kappa shape index (κ3) is 2.50. The van der Waals surface area contributed by atoms with Crippen molar-refractivity contribution in [3.8, 4) is 17.1 Å². The summed E-state index contributed by atoms with van der Waals surface area (Å²) in [5.41, 5.74) is 1.96. The molecule has 3 rings (SSSR count). The van der Waals surface area contributed by atoms with Crippen LogP contribution in [0.4, 0.5) is 0 Å². The summed E-state index contributed by atoms with van der Waals surface area (Å²) in [5.74, 6) is 0.788. The number of aromatic nitrogens is 3. The van der Waals surface area contributed by atoms with Gasteiger partial charge in [0.2, 0.25) is 0 Å². The molecule has 0 spiro atoms. The Hall–Kier alpha value is -1.78. The molecule has 1 heterocycles. The van der Waals surface area contributed by atoms with Gasteiger partial charge in [-0.05, 0) is 36.4 Å². The molecule has 0 saturated heterocycles. The Kier molecular flexibility index (Phi) is 3.27. The molecule has 0 fully saturated rings. The molecule has 94 valence electrons. The Morgan fingerprint density at radius 2 is 1.63 bits per heavy atom. The Labute approximate surface area is 121 Å². The van der Waals surface area contributed by atoms with E-state index in [-0.39, 0.29) is 0 Å². The molecule has 19 heavy (non-hydrogen) atoms. The van der Waals surface area contributed by atoms with Crippen molar-refractivity contribution >= 4 is 24.2 Å². The van der Waals surface area contributed by atoms with E-state index in [1.54, 1.807) is 6.33 Å². The molecular weight excluding hydrogens is 278 g/mol. The van der Waals surface area contributed by atoms with E-state index in [1.165, 1.54) is 0 Å². The lowest BCUT2D eigenvalue weighted by molar-refractivity contribution is 1.06. The zero-order valence-corrected chi connectivity index (χ0v) is 11.5. The average molecular weight is 288 g/mol. The molecule has 0 amide bonds. The van der Waals surface area contributed by atoms with Crippen LogP contribution in [0.25, 0.3) is 17.1 Å². The van der Waals surface area contributed by atoms with E-state index in [4.69, 9.17) is 11.6 Å². The first kappa shape index (κ1) is 12.3. The predicted molar refractivity (Wildman–Crippen MR) is 79.1 cm³/mol. The minimum absolute atomic E-state index is 0.706. The number of rotatable bonds is 2. The van der Waals surface area contributed by atoms with Crippen LogP contribution in [0.3, 0.4) is 0 Å². The van der Waals surface area contributed by atoms with E-state index < -0.39 is 0 Å². The van der Waals surface area contributed by atoms with Gasteiger partial charge in [0.05, 0.1) is 0 Å². The highest BCUT2D eigenvalue weighted by Crippen LogP contribution is 2.22.